The van der Waals surface area contributed by atoms with Crippen molar-refractivity contribution in [2.24, 2.45) is 0 Å². The van der Waals surface area contributed by atoms with Crippen molar-refractivity contribution >= 4 is 7.92 Å². The molecule has 1 fully saturated rings. The van der Waals surface area contributed by atoms with Crippen LogP contribution in [0.4, 0.5) is 0 Å². The van der Waals surface area contributed by atoms with E-state index >= 15 is 0 Å². The third kappa shape index (κ3) is 1.62. The highest BCUT2D eigenvalue weighted by molar-refractivity contribution is 7.60. The molecule has 0 spiro atoms. The van der Waals surface area contributed by atoms with Gasteiger partial charge in [-0.3, -0.25) is 0 Å². The Balaban J connectivity index is 2.20. The second kappa shape index (κ2) is 3.58. The number of hydrogen-bond acceptors (Lipinski definition) is 0. The van der Waals surface area contributed by atoms with Gasteiger partial charge < -0.3 is 0 Å². The van der Waals surface area contributed by atoms with Crippen LogP contribution in [-0.2, 0) is 0 Å². The summed E-state index contributed by atoms with van der Waals surface area (Å²) in [5, 5.41) is 0. The number of fused-ring (bicyclic) bond motifs is 1. The van der Waals surface area contributed by atoms with Crippen molar-refractivity contribution in [3.8, 4) is 0 Å². The van der Waals surface area contributed by atoms with Crippen LogP contribution in [0, 0.1) is 29.8 Å². The quantitative estimate of drug-likeness (QED) is 0.555. The summed E-state index contributed by atoms with van der Waals surface area (Å²) in [6.45, 7) is 6.87. The Kier molecular flexibility index (Phi) is 2.60. The van der Waals surface area contributed by atoms with E-state index in [0.29, 0.717) is 0 Å². The Labute approximate surface area is 82.9 Å². The lowest BCUT2D eigenvalue weighted by atomic mass is 9.92. The van der Waals surface area contributed by atoms with E-state index in [1.807, 2.05) is 0 Å². The molecule has 0 aromatic carbocycles. The first-order chi connectivity index (χ1) is 6.20. The normalized spacial score (nSPS) is 26.2. The minimum absolute atomic E-state index is 0.0208. The Hall–Kier alpha value is -0.0900. The molecular formula is C12H14P. The monoisotopic (exact) mass is 189 g/mol. The number of rotatable bonds is 1. The van der Waals surface area contributed by atoms with E-state index in [1.54, 1.807) is 5.66 Å². The first-order valence-electron chi connectivity index (χ1n) is 4.52. The highest BCUT2D eigenvalue weighted by atomic mass is 31.1. The second-order valence-electron chi connectivity index (χ2n) is 3.66. The fourth-order valence-electron chi connectivity index (χ4n) is 1.95. The standard InChI is InChI=1S/C12H14P/c1-9-8-10-6-4-5-7-11(10)12(9)13(2)3/h4-8H,1-3H3. The Morgan fingerprint density at radius 2 is 1.77 bits per heavy atom. The maximum Gasteiger partial charge on any atom is 0.0207 e. The van der Waals surface area contributed by atoms with Crippen LogP contribution >= 0.6 is 7.92 Å². The third-order valence-electron chi connectivity index (χ3n) is 2.41. The van der Waals surface area contributed by atoms with Crippen LogP contribution in [0.5, 0.6) is 0 Å². The maximum atomic E-state index is 2.32. The zero-order valence-electron chi connectivity index (χ0n) is 8.33. The summed E-state index contributed by atoms with van der Waals surface area (Å²) in [6, 6.07) is 0. The molecule has 13 heavy (non-hydrogen) atoms. The van der Waals surface area contributed by atoms with Crippen LogP contribution in [0.15, 0.2) is 24.3 Å². The highest BCUT2D eigenvalue weighted by Gasteiger charge is 2.42. The predicted octanol–water partition coefficient (Wildman–Crippen LogP) is 3.35. The van der Waals surface area contributed by atoms with Crippen molar-refractivity contribution in [2.75, 3.05) is 13.3 Å². The highest BCUT2D eigenvalue weighted by Crippen LogP contribution is 2.61. The van der Waals surface area contributed by atoms with Gasteiger partial charge in [-0.25, -0.2) is 0 Å². The molecule has 2 rings (SSSR count). The van der Waals surface area contributed by atoms with Gasteiger partial charge in [0.1, 0.15) is 0 Å². The topological polar surface area (TPSA) is 0 Å². The molecule has 0 aromatic heterocycles. The fraction of sp³-hybridized carbons (Fsp3) is 0.250. The van der Waals surface area contributed by atoms with Gasteiger partial charge in [0.2, 0.25) is 0 Å². The average Bonchev–Trinajstić information content (AvgIpc) is 2.39. The number of hydrogen-bond donors (Lipinski definition) is 0. The molecule has 0 N–H and O–H groups in total. The minimum Gasteiger partial charge on any atom is -0.104 e. The van der Waals surface area contributed by atoms with Gasteiger partial charge in [-0.05, 0) is 25.7 Å². The molecule has 0 saturated heterocycles. The molecule has 0 amide bonds. The lowest BCUT2D eigenvalue weighted by molar-refractivity contribution is 1.17. The first-order valence-corrected chi connectivity index (χ1v) is 6.76. The summed E-state index contributed by atoms with van der Waals surface area (Å²) in [5.41, 5.74) is 1.57. The Morgan fingerprint density at radius 3 is 2.46 bits per heavy atom. The van der Waals surface area contributed by atoms with E-state index in [2.05, 4.69) is 51.0 Å². The van der Waals surface area contributed by atoms with Crippen LogP contribution in [0.25, 0.3) is 0 Å². The van der Waals surface area contributed by atoms with Gasteiger partial charge in [-0.2, -0.15) is 0 Å². The molecule has 0 heterocycles. The van der Waals surface area contributed by atoms with Gasteiger partial charge in [-0.15, -0.1) is 7.92 Å². The van der Waals surface area contributed by atoms with Gasteiger partial charge in [0.25, 0.3) is 0 Å². The molecule has 0 aromatic rings. The summed E-state index contributed by atoms with van der Waals surface area (Å²) in [5.74, 6) is 4.31. The summed E-state index contributed by atoms with van der Waals surface area (Å²) in [4.78, 5) is 0. The molecule has 1 heteroatoms. The molecule has 0 aliphatic heterocycles. The lowest BCUT2D eigenvalue weighted by Gasteiger charge is -2.25. The lowest BCUT2D eigenvalue weighted by Crippen LogP contribution is -2.07. The minimum atomic E-state index is 0.0208. The summed E-state index contributed by atoms with van der Waals surface area (Å²) < 4.78 is 0. The van der Waals surface area contributed by atoms with Crippen molar-refractivity contribution in [1.82, 2.24) is 0 Å². The van der Waals surface area contributed by atoms with Crippen LogP contribution in [0.2, 0.25) is 0 Å². The largest absolute Gasteiger partial charge is 0.104 e. The first kappa shape index (κ1) is 9.46. The van der Waals surface area contributed by atoms with Crippen molar-refractivity contribution in [3.63, 3.8) is 0 Å². The van der Waals surface area contributed by atoms with Crippen LogP contribution in [0.3, 0.4) is 0 Å². The maximum absolute atomic E-state index is 2.32. The number of allylic oxidation sites excluding steroid dienone is 4. The molecule has 0 bridgehead atoms. The van der Waals surface area contributed by atoms with E-state index in [-0.39, 0.29) is 7.92 Å². The van der Waals surface area contributed by atoms with E-state index in [1.165, 1.54) is 17.8 Å². The molecule has 2 aliphatic rings. The average molecular weight is 189 g/mol. The Bertz CT molecular complexity index is 240. The fourth-order valence-corrected chi connectivity index (χ4v) is 3.40. The van der Waals surface area contributed by atoms with E-state index < -0.39 is 0 Å². The van der Waals surface area contributed by atoms with Crippen LogP contribution in [0.1, 0.15) is 6.92 Å². The summed E-state index contributed by atoms with van der Waals surface area (Å²) >= 11 is 0. The van der Waals surface area contributed by atoms with Crippen LogP contribution in [-0.4, -0.2) is 13.3 Å². The molecule has 0 nitrogen and oxygen atoms in total. The van der Waals surface area contributed by atoms with Crippen LogP contribution < -0.4 is 0 Å². The molecule has 0 atom stereocenters. The zero-order chi connectivity index (χ0) is 9.42. The van der Waals surface area contributed by atoms with Gasteiger partial charge in [-0.1, -0.05) is 31.2 Å². The van der Waals surface area contributed by atoms with Crippen molar-refractivity contribution in [3.05, 3.63) is 54.1 Å². The SMILES string of the molecule is C[C]1[CH][C]2C=CC=C[C]2[C]1P(C)C. The molecule has 67 valence electrons. The smallest absolute Gasteiger partial charge is 0.0207 e. The van der Waals surface area contributed by atoms with Crippen molar-refractivity contribution in [1.29, 1.82) is 0 Å². The van der Waals surface area contributed by atoms with Crippen molar-refractivity contribution in [2.45, 2.75) is 6.92 Å². The third-order valence-corrected chi connectivity index (χ3v) is 3.90. The van der Waals surface area contributed by atoms with E-state index in [9.17, 15) is 0 Å². The molecule has 1 saturated carbocycles. The van der Waals surface area contributed by atoms with E-state index in [0.717, 1.165) is 0 Å². The summed E-state index contributed by atoms with van der Waals surface area (Å²) in [6.07, 6.45) is 11.0. The molecule has 5 radical (unpaired) electrons. The summed E-state index contributed by atoms with van der Waals surface area (Å²) in [7, 11) is 0.0208. The van der Waals surface area contributed by atoms with Crippen molar-refractivity contribution < 1.29 is 0 Å². The van der Waals surface area contributed by atoms with Gasteiger partial charge in [0.15, 0.2) is 0 Å². The molecular weight excluding hydrogens is 175 g/mol. The zero-order valence-corrected chi connectivity index (χ0v) is 9.23. The van der Waals surface area contributed by atoms with Gasteiger partial charge in [0, 0.05) is 17.5 Å². The predicted molar refractivity (Wildman–Crippen MR) is 60.0 cm³/mol. The van der Waals surface area contributed by atoms with Gasteiger partial charge >= 0.3 is 0 Å². The second-order valence-corrected chi connectivity index (χ2v) is 5.89. The Morgan fingerprint density at radius 1 is 1.08 bits per heavy atom. The molecule has 2 aliphatic carbocycles. The van der Waals surface area contributed by atoms with E-state index in [4.69, 9.17) is 0 Å². The van der Waals surface area contributed by atoms with Gasteiger partial charge in [0.05, 0.1) is 0 Å². The molecule has 0 unspecified atom stereocenters.